The van der Waals surface area contributed by atoms with Gasteiger partial charge in [0.05, 0.1) is 17.9 Å². The molecule has 0 spiro atoms. The summed E-state index contributed by atoms with van der Waals surface area (Å²) in [6, 6.07) is 15.6. The highest BCUT2D eigenvalue weighted by molar-refractivity contribution is 7.99. The molecule has 6 heteroatoms. The third kappa shape index (κ3) is 3.52. The van der Waals surface area contributed by atoms with Crippen molar-refractivity contribution < 1.29 is 9.90 Å². The van der Waals surface area contributed by atoms with Gasteiger partial charge >= 0.3 is 0 Å². The predicted molar refractivity (Wildman–Crippen MR) is 106 cm³/mol. The summed E-state index contributed by atoms with van der Waals surface area (Å²) in [4.78, 5) is 20.4. The van der Waals surface area contributed by atoms with Gasteiger partial charge in [-0.25, -0.2) is 0 Å². The van der Waals surface area contributed by atoms with Gasteiger partial charge in [-0.2, -0.15) is 0 Å². The molecule has 26 heavy (non-hydrogen) atoms. The second kappa shape index (κ2) is 7.60. The SMILES string of the molecule is O=C(CN1CCN(c2ccccc2O)CC1)N1CCSc2ccccc21. The average molecular weight is 369 g/mol. The number of rotatable bonds is 3. The number of carbonyl (C=O) groups excluding carboxylic acids is 1. The van der Waals surface area contributed by atoms with E-state index in [1.807, 2.05) is 53.1 Å². The molecular weight excluding hydrogens is 346 g/mol. The molecule has 2 aliphatic rings. The van der Waals surface area contributed by atoms with Crippen molar-refractivity contribution in [2.45, 2.75) is 4.90 Å². The predicted octanol–water partition coefficient (Wildman–Crippen LogP) is 2.65. The summed E-state index contributed by atoms with van der Waals surface area (Å²) in [5, 5.41) is 10.0. The minimum absolute atomic E-state index is 0.175. The van der Waals surface area contributed by atoms with E-state index in [1.165, 1.54) is 4.90 Å². The van der Waals surface area contributed by atoms with Crippen LogP contribution < -0.4 is 9.80 Å². The van der Waals surface area contributed by atoms with Crippen molar-refractivity contribution in [3.8, 4) is 5.75 Å². The van der Waals surface area contributed by atoms with Crippen LogP contribution in [0.4, 0.5) is 11.4 Å². The maximum absolute atomic E-state index is 12.9. The number of phenolic OH excluding ortho intramolecular Hbond substituents is 1. The van der Waals surface area contributed by atoms with Gasteiger partial charge in [-0.3, -0.25) is 9.69 Å². The van der Waals surface area contributed by atoms with E-state index >= 15 is 0 Å². The number of piperazine rings is 1. The number of fused-ring (bicyclic) bond motifs is 1. The number of nitrogens with zero attached hydrogens (tertiary/aromatic N) is 3. The Balaban J connectivity index is 1.36. The van der Waals surface area contributed by atoms with E-state index in [2.05, 4.69) is 15.9 Å². The molecule has 136 valence electrons. The molecule has 2 aromatic rings. The fourth-order valence-corrected chi connectivity index (χ4v) is 4.58. The van der Waals surface area contributed by atoms with E-state index in [1.54, 1.807) is 6.07 Å². The minimum Gasteiger partial charge on any atom is -0.506 e. The zero-order valence-electron chi connectivity index (χ0n) is 14.7. The van der Waals surface area contributed by atoms with Crippen LogP contribution in [0.25, 0.3) is 0 Å². The number of benzene rings is 2. The first-order chi connectivity index (χ1) is 12.7. The van der Waals surface area contributed by atoms with E-state index in [0.29, 0.717) is 12.3 Å². The fraction of sp³-hybridized carbons (Fsp3) is 0.350. The first-order valence-electron chi connectivity index (χ1n) is 9.00. The zero-order valence-corrected chi connectivity index (χ0v) is 15.5. The van der Waals surface area contributed by atoms with Crippen molar-refractivity contribution in [3.63, 3.8) is 0 Å². The maximum atomic E-state index is 12.9. The van der Waals surface area contributed by atoms with Gasteiger partial charge in [0, 0.05) is 43.4 Å². The molecular formula is C20H23N3O2S. The van der Waals surface area contributed by atoms with Crippen LogP contribution in [-0.4, -0.2) is 60.9 Å². The van der Waals surface area contributed by atoms with Crippen LogP contribution in [0.1, 0.15) is 0 Å². The van der Waals surface area contributed by atoms with Crippen molar-refractivity contribution in [3.05, 3.63) is 48.5 Å². The van der Waals surface area contributed by atoms with Gasteiger partial charge in [-0.05, 0) is 24.3 Å². The van der Waals surface area contributed by atoms with Gasteiger partial charge in [-0.15, -0.1) is 11.8 Å². The Morgan fingerprint density at radius 3 is 2.38 bits per heavy atom. The summed E-state index contributed by atoms with van der Waals surface area (Å²) < 4.78 is 0. The Bertz CT molecular complexity index is 790. The third-order valence-electron chi connectivity index (χ3n) is 4.98. The summed E-state index contributed by atoms with van der Waals surface area (Å²) in [5.74, 6) is 1.44. The van der Waals surface area contributed by atoms with E-state index in [4.69, 9.17) is 0 Å². The number of anilines is 2. The Labute approximate surface area is 158 Å². The molecule has 0 aliphatic carbocycles. The lowest BCUT2D eigenvalue weighted by Crippen LogP contribution is -2.50. The van der Waals surface area contributed by atoms with Crippen LogP contribution in [-0.2, 0) is 4.79 Å². The molecule has 0 aromatic heterocycles. The summed E-state index contributed by atoms with van der Waals surface area (Å²) in [6.07, 6.45) is 0. The highest BCUT2D eigenvalue weighted by Gasteiger charge is 2.26. The molecule has 0 unspecified atom stereocenters. The summed E-state index contributed by atoms with van der Waals surface area (Å²) >= 11 is 1.82. The molecule has 1 saturated heterocycles. The number of para-hydroxylation sites is 3. The molecule has 0 atom stereocenters. The van der Waals surface area contributed by atoms with Crippen LogP contribution in [0.2, 0.25) is 0 Å². The molecule has 2 heterocycles. The summed E-state index contributed by atoms with van der Waals surface area (Å²) in [7, 11) is 0. The lowest BCUT2D eigenvalue weighted by Gasteiger charge is -2.37. The number of thioether (sulfide) groups is 1. The van der Waals surface area contributed by atoms with Crippen molar-refractivity contribution in [2.75, 3.05) is 54.8 Å². The number of carbonyl (C=O) groups is 1. The molecule has 1 amide bonds. The van der Waals surface area contributed by atoms with Crippen LogP contribution >= 0.6 is 11.8 Å². The van der Waals surface area contributed by atoms with E-state index in [0.717, 1.165) is 49.9 Å². The fourth-order valence-electron chi connectivity index (χ4n) is 3.58. The second-order valence-electron chi connectivity index (χ2n) is 6.61. The number of hydrogen-bond acceptors (Lipinski definition) is 5. The number of hydrogen-bond donors (Lipinski definition) is 1. The topological polar surface area (TPSA) is 47.0 Å². The number of phenols is 1. The van der Waals surface area contributed by atoms with Gasteiger partial charge in [0.1, 0.15) is 5.75 Å². The monoisotopic (exact) mass is 369 g/mol. The molecule has 0 radical (unpaired) electrons. The van der Waals surface area contributed by atoms with Gasteiger partial charge in [-0.1, -0.05) is 24.3 Å². The van der Waals surface area contributed by atoms with Gasteiger partial charge in [0.25, 0.3) is 0 Å². The molecule has 2 aromatic carbocycles. The van der Waals surface area contributed by atoms with Gasteiger partial charge in [0.15, 0.2) is 0 Å². The average Bonchev–Trinajstić information content (AvgIpc) is 2.68. The Kier molecular flexibility index (Phi) is 5.04. The highest BCUT2D eigenvalue weighted by atomic mass is 32.2. The first-order valence-corrected chi connectivity index (χ1v) is 9.98. The highest BCUT2D eigenvalue weighted by Crippen LogP contribution is 2.34. The zero-order chi connectivity index (χ0) is 17.9. The van der Waals surface area contributed by atoms with Crippen LogP contribution in [0.3, 0.4) is 0 Å². The Morgan fingerprint density at radius 2 is 1.62 bits per heavy atom. The molecule has 1 fully saturated rings. The van der Waals surface area contributed by atoms with Crippen molar-refractivity contribution in [1.29, 1.82) is 0 Å². The maximum Gasteiger partial charge on any atom is 0.241 e. The van der Waals surface area contributed by atoms with Crippen LogP contribution in [0.5, 0.6) is 5.75 Å². The summed E-state index contributed by atoms with van der Waals surface area (Å²) in [5.41, 5.74) is 1.92. The van der Waals surface area contributed by atoms with Crippen molar-refractivity contribution >= 4 is 29.0 Å². The Hall–Kier alpha value is -2.18. The molecule has 0 bridgehead atoms. The van der Waals surface area contributed by atoms with Crippen molar-refractivity contribution in [2.24, 2.45) is 0 Å². The number of aromatic hydroxyl groups is 1. The standard InChI is InChI=1S/C20H23N3O2S/c24-18-7-3-1-5-16(18)22-11-9-21(10-12-22)15-20(25)23-13-14-26-19-8-4-2-6-17(19)23/h1-8,24H,9-15H2. The lowest BCUT2D eigenvalue weighted by molar-refractivity contribution is -0.119. The van der Waals surface area contributed by atoms with E-state index in [-0.39, 0.29) is 5.91 Å². The molecule has 4 rings (SSSR count). The van der Waals surface area contributed by atoms with Crippen LogP contribution in [0, 0.1) is 0 Å². The molecule has 0 saturated carbocycles. The first kappa shape index (κ1) is 17.2. The third-order valence-corrected chi connectivity index (χ3v) is 6.03. The Morgan fingerprint density at radius 1 is 0.923 bits per heavy atom. The van der Waals surface area contributed by atoms with Gasteiger partial charge in [0.2, 0.25) is 5.91 Å². The van der Waals surface area contributed by atoms with Crippen molar-refractivity contribution in [1.82, 2.24) is 4.90 Å². The lowest BCUT2D eigenvalue weighted by atomic mass is 10.2. The molecule has 5 nitrogen and oxygen atoms in total. The molecule has 2 aliphatic heterocycles. The number of amides is 1. The van der Waals surface area contributed by atoms with Gasteiger partial charge < -0.3 is 14.9 Å². The van der Waals surface area contributed by atoms with E-state index < -0.39 is 0 Å². The second-order valence-corrected chi connectivity index (χ2v) is 7.75. The van der Waals surface area contributed by atoms with E-state index in [9.17, 15) is 9.90 Å². The minimum atomic E-state index is 0.175. The summed E-state index contributed by atoms with van der Waals surface area (Å²) in [6.45, 7) is 4.51. The van der Waals surface area contributed by atoms with Crippen LogP contribution in [0.15, 0.2) is 53.4 Å². The largest absolute Gasteiger partial charge is 0.506 e. The molecule has 1 N–H and O–H groups in total. The smallest absolute Gasteiger partial charge is 0.241 e. The normalized spacial score (nSPS) is 17.8. The quantitative estimate of drug-likeness (QED) is 0.901.